The van der Waals surface area contributed by atoms with Crippen LogP contribution < -0.4 is 10.7 Å². The van der Waals surface area contributed by atoms with E-state index in [1.54, 1.807) is 19.9 Å². The van der Waals surface area contributed by atoms with Crippen LogP contribution >= 0.6 is 0 Å². The van der Waals surface area contributed by atoms with Crippen molar-refractivity contribution in [3.8, 4) is 11.1 Å². The normalized spacial score (nSPS) is 11.0. The first-order valence-electron chi connectivity index (χ1n) is 7.91. The van der Waals surface area contributed by atoms with E-state index in [2.05, 4.69) is 5.32 Å². The number of hydrogen-bond acceptors (Lipinski definition) is 3. The van der Waals surface area contributed by atoms with E-state index in [1.807, 2.05) is 49.4 Å². The molecular weight excluding hydrogens is 302 g/mol. The van der Waals surface area contributed by atoms with Gasteiger partial charge in [0.05, 0.1) is 10.9 Å². The SMILES string of the molecule is Cc1cccc2c(=O)c(-c3ccccc3)c(NC(=O)C(C)C)oc12. The van der Waals surface area contributed by atoms with Gasteiger partial charge in [-0.3, -0.25) is 14.9 Å². The van der Waals surface area contributed by atoms with Gasteiger partial charge in [-0.15, -0.1) is 0 Å². The molecule has 4 nitrogen and oxygen atoms in total. The maximum atomic E-state index is 13.0. The second-order valence-electron chi connectivity index (χ2n) is 6.10. The summed E-state index contributed by atoms with van der Waals surface area (Å²) in [5.74, 6) is -0.207. The van der Waals surface area contributed by atoms with E-state index in [4.69, 9.17) is 4.42 Å². The minimum absolute atomic E-state index is 0.148. The Morgan fingerprint density at radius 3 is 2.42 bits per heavy atom. The lowest BCUT2D eigenvalue weighted by atomic mass is 10.0. The lowest BCUT2D eigenvalue weighted by Crippen LogP contribution is -2.20. The first-order valence-corrected chi connectivity index (χ1v) is 7.91. The zero-order chi connectivity index (χ0) is 17.3. The van der Waals surface area contributed by atoms with Crippen molar-refractivity contribution < 1.29 is 9.21 Å². The summed E-state index contributed by atoms with van der Waals surface area (Å²) in [5.41, 5.74) is 2.30. The molecule has 122 valence electrons. The number of rotatable bonds is 3. The fraction of sp³-hybridized carbons (Fsp3) is 0.200. The van der Waals surface area contributed by atoms with E-state index in [-0.39, 0.29) is 23.1 Å². The van der Waals surface area contributed by atoms with Crippen molar-refractivity contribution in [3.05, 3.63) is 64.3 Å². The van der Waals surface area contributed by atoms with Crippen molar-refractivity contribution in [1.82, 2.24) is 0 Å². The molecule has 1 heterocycles. The number of nitrogens with one attached hydrogen (secondary N) is 1. The van der Waals surface area contributed by atoms with Gasteiger partial charge in [0.25, 0.3) is 0 Å². The van der Waals surface area contributed by atoms with Crippen LogP contribution in [0.1, 0.15) is 19.4 Å². The third-order valence-corrected chi connectivity index (χ3v) is 3.94. The quantitative estimate of drug-likeness (QED) is 0.779. The fourth-order valence-corrected chi connectivity index (χ4v) is 2.57. The van der Waals surface area contributed by atoms with Crippen LogP contribution in [0.2, 0.25) is 0 Å². The first-order chi connectivity index (χ1) is 11.5. The van der Waals surface area contributed by atoms with Crippen LogP contribution in [0, 0.1) is 12.8 Å². The van der Waals surface area contributed by atoms with Gasteiger partial charge in [0.15, 0.2) is 0 Å². The van der Waals surface area contributed by atoms with Gasteiger partial charge in [-0.05, 0) is 24.1 Å². The van der Waals surface area contributed by atoms with Gasteiger partial charge in [0.1, 0.15) is 5.58 Å². The molecule has 4 heteroatoms. The standard InChI is InChI=1S/C20H19NO3/c1-12(2)19(23)21-20-16(14-9-5-4-6-10-14)17(22)15-11-7-8-13(3)18(15)24-20/h4-12H,1-3H3,(H,21,23). The fourth-order valence-electron chi connectivity index (χ4n) is 2.57. The van der Waals surface area contributed by atoms with Gasteiger partial charge in [0, 0.05) is 5.92 Å². The zero-order valence-electron chi connectivity index (χ0n) is 13.9. The smallest absolute Gasteiger partial charge is 0.229 e. The molecule has 24 heavy (non-hydrogen) atoms. The van der Waals surface area contributed by atoms with E-state index < -0.39 is 0 Å². The highest BCUT2D eigenvalue weighted by molar-refractivity contribution is 5.97. The molecule has 0 saturated heterocycles. The highest BCUT2D eigenvalue weighted by Gasteiger charge is 2.19. The summed E-state index contributed by atoms with van der Waals surface area (Å²) in [7, 11) is 0. The summed E-state index contributed by atoms with van der Waals surface area (Å²) < 4.78 is 5.95. The number of carbonyl (C=O) groups excluding carboxylic acids is 1. The number of benzene rings is 2. The molecule has 3 rings (SSSR count). The number of amides is 1. The Bertz CT molecular complexity index is 956. The molecule has 0 spiro atoms. The molecule has 0 saturated carbocycles. The Hall–Kier alpha value is -2.88. The molecule has 1 N–H and O–H groups in total. The van der Waals surface area contributed by atoms with Crippen molar-refractivity contribution in [2.75, 3.05) is 5.32 Å². The Kier molecular flexibility index (Phi) is 4.21. The maximum absolute atomic E-state index is 13.0. The van der Waals surface area contributed by atoms with Gasteiger partial charge in [-0.1, -0.05) is 56.3 Å². The number of para-hydroxylation sites is 1. The lowest BCUT2D eigenvalue weighted by Gasteiger charge is -2.13. The molecule has 0 aliphatic rings. The lowest BCUT2D eigenvalue weighted by molar-refractivity contribution is -0.119. The molecule has 0 fully saturated rings. The molecule has 1 aromatic heterocycles. The van der Waals surface area contributed by atoms with Crippen LogP contribution in [0.3, 0.4) is 0 Å². The Labute approximate surface area is 140 Å². The van der Waals surface area contributed by atoms with Crippen molar-refractivity contribution in [3.63, 3.8) is 0 Å². The Balaban J connectivity index is 2.32. The van der Waals surface area contributed by atoms with Gasteiger partial charge in [-0.2, -0.15) is 0 Å². The molecule has 0 bridgehead atoms. The summed E-state index contributed by atoms with van der Waals surface area (Å²) in [6, 6.07) is 14.7. The molecule has 0 atom stereocenters. The minimum atomic E-state index is -0.216. The van der Waals surface area contributed by atoms with Gasteiger partial charge in [-0.25, -0.2) is 0 Å². The number of fused-ring (bicyclic) bond motifs is 1. The van der Waals surface area contributed by atoms with Gasteiger partial charge in [0.2, 0.25) is 17.2 Å². The van der Waals surface area contributed by atoms with E-state index in [0.29, 0.717) is 22.1 Å². The maximum Gasteiger partial charge on any atom is 0.229 e. The molecular formula is C20H19NO3. The topological polar surface area (TPSA) is 59.3 Å². The summed E-state index contributed by atoms with van der Waals surface area (Å²) >= 11 is 0. The minimum Gasteiger partial charge on any atom is -0.439 e. The van der Waals surface area contributed by atoms with Gasteiger partial charge >= 0.3 is 0 Å². The summed E-state index contributed by atoms with van der Waals surface area (Å²) in [5, 5.41) is 3.27. The van der Waals surface area contributed by atoms with Crippen LogP contribution in [0.4, 0.5) is 5.88 Å². The average molecular weight is 321 g/mol. The molecule has 1 amide bonds. The summed E-state index contributed by atoms with van der Waals surface area (Å²) in [4.78, 5) is 25.2. The second kappa shape index (κ2) is 6.32. The third-order valence-electron chi connectivity index (χ3n) is 3.94. The number of anilines is 1. The average Bonchev–Trinajstić information content (AvgIpc) is 2.57. The van der Waals surface area contributed by atoms with Gasteiger partial charge < -0.3 is 4.42 Å². The summed E-state index contributed by atoms with van der Waals surface area (Å²) in [6.07, 6.45) is 0. The molecule has 0 unspecified atom stereocenters. The van der Waals surface area contributed by atoms with Crippen molar-refractivity contribution >= 4 is 22.8 Å². The van der Waals surface area contributed by atoms with Crippen molar-refractivity contribution in [2.45, 2.75) is 20.8 Å². The molecule has 3 aromatic rings. The van der Waals surface area contributed by atoms with Crippen LogP contribution in [0.5, 0.6) is 0 Å². The predicted octanol–water partition coefficient (Wildman–Crippen LogP) is 4.36. The second-order valence-corrected chi connectivity index (χ2v) is 6.10. The Morgan fingerprint density at radius 1 is 1.04 bits per heavy atom. The van der Waals surface area contributed by atoms with Crippen LogP contribution in [0.25, 0.3) is 22.1 Å². The van der Waals surface area contributed by atoms with Crippen LogP contribution in [0.15, 0.2) is 57.7 Å². The van der Waals surface area contributed by atoms with E-state index in [1.165, 1.54) is 0 Å². The van der Waals surface area contributed by atoms with Crippen LogP contribution in [-0.2, 0) is 4.79 Å². The monoisotopic (exact) mass is 321 g/mol. The molecule has 0 radical (unpaired) electrons. The van der Waals surface area contributed by atoms with E-state index in [9.17, 15) is 9.59 Å². The van der Waals surface area contributed by atoms with Crippen molar-refractivity contribution in [2.24, 2.45) is 5.92 Å². The zero-order valence-corrected chi connectivity index (χ0v) is 13.9. The highest BCUT2D eigenvalue weighted by Crippen LogP contribution is 2.30. The molecule has 0 aliphatic heterocycles. The highest BCUT2D eigenvalue weighted by atomic mass is 16.4. The largest absolute Gasteiger partial charge is 0.439 e. The summed E-state index contributed by atoms with van der Waals surface area (Å²) in [6.45, 7) is 5.46. The number of aryl methyl sites for hydroxylation is 1. The molecule has 2 aromatic carbocycles. The predicted molar refractivity (Wildman–Crippen MR) is 96.1 cm³/mol. The third kappa shape index (κ3) is 2.83. The van der Waals surface area contributed by atoms with E-state index >= 15 is 0 Å². The number of carbonyl (C=O) groups is 1. The first kappa shape index (κ1) is 16.0. The van der Waals surface area contributed by atoms with Crippen LogP contribution in [-0.4, -0.2) is 5.91 Å². The Morgan fingerprint density at radius 2 is 1.75 bits per heavy atom. The number of hydrogen-bond donors (Lipinski definition) is 1. The van der Waals surface area contributed by atoms with Crippen molar-refractivity contribution in [1.29, 1.82) is 0 Å². The van der Waals surface area contributed by atoms with E-state index in [0.717, 1.165) is 5.56 Å². The molecule has 0 aliphatic carbocycles.